The molecule has 0 amide bonds. The van der Waals surface area contributed by atoms with Crippen LogP contribution in [0.1, 0.15) is 13.3 Å². The Hall–Kier alpha value is -1.26. The molecule has 0 aromatic heterocycles. The van der Waals surface area contributed by atoms with E-state index < -0.39 is 0 Å². The second-order valence-electron chi connectivity index (χ2n) is 6.14. The van der Waals surface area contributed by atoms with Gasteiger partial charge in [-0.3, -0.25) is 4.99 Å². The molecule has 156 valence electrons. The van der Waals surface area contributed by atoms with Crippen molar-refractivity contribution in [2.45, 2.75) is 19.4 Å². The molecule has 0 aliphatic rings. The quantitative estimate of drug-likeness (QED) is 0.201. The molecule has 27 heavy (non-hydrogen) atoms. The van der Waals surface area contributed by atoms with Crippen LogP contribution in [0.5, 0.6) is 11.5 Å². The van der Waals surface area contributed by atoms with Crippen molar-refractivity contribution in [1.82, 2.24) is 15.5 Å². The molecular formula is C19H35IN4O3. The minimum atomic E-state index is -0.00243. The molecule has 0 aliphatic carbocycles. The zero-order valence-electron chi connectivity index (χ0n) is 17.2. The van der Waals surface area contributed by atoms with E-state index >= 15 is 0 Å². The van der Waals surface area contributed by atoms with Gasteiger partial charge in [-0.1, -0.05) is 6.07 Å². The second kappa shape index (κ2) is 15.8. The molecule has 0 spiro atoms. The summed E-state index contributed by atoms with van der Waals surface area (Å²) >= 11 is 0. The predicted octanol–water partition coefficient (Wildman–Crippen LogP) is 2.21. The molecule has 0 bridgehead atoms. The van der Waals surface area contributed by atoms with Crippen LogP contribution in [-0.4, -0.2) is 78.1 Å². The summed E-state index contributed by atoms with van der Waals surface area (Å²) in [5.41, 5.74) is 0. The Bertz CT molecular complexity index is 531. The Balaban J connectivity index is 0.00000676. The monoisotopic (exact) mass is 494 g/mol. The molecule has 0 radical (unpaired) electrons. The van der Waals surface area contributed by atoms with Crippen LogP contribution in [0, 0.1) is 0 Å². The first-order chi connectivity index (χ1) is 12.6. The van der Waals surface area contributed by atoms with Gasteiger partial charge in [-0.2, -0.15) is 0 Å². The van der Waals surface area contributed by atoms with E-state index in [1.807, 2.05) is 31.2 Å². The number of nitrogens with one attached hydrogen (secondary N) is 2. The minimum Gasteiger partial charge on any atom is -0.497 e. The molecule has 0 saturated heterocycles. The third kappa shape index (κ3) is 11.9. The summed E-state index contributed by atoms with van der Waals surface area (Å²) in [5, 5.41) is 6.61. The van der Waals surface area contributed by atoms with E-state index in [1.165, 1.54) is 0 Å². The maximum atomic E-state index is 5.90. The summed E-state index contributed by atoms with van der Waals surface area (Å²) in [7, 11) is 7.26. The fourth-order valence-electron chi connectivity index (χ4n) is 2.37. The molecule has 1 atom stereocenters. The highest BCUT2D eigenvalue weighted by molar-refractivity contribution is 14.0. The molecule has 1 rings (SSSR count). The van der Waals surface area contributed by atoms with Crippen molar-refractivity contribution in [1.29, 1.82) is 0 Å². The number of halogens is 1. The number of methoxy groups -OCH3 is 2. The summed E-state index contributed by atoms with van der Waals surface area (Å²) in [6, 6.07) is 7.61. The zero-order chi connectivity index (χ0) is 19.2. The van der Waals surface area contributed by atoms with Gasteiger partial charge < -0.3 is 29.7 Å². The van der Waals surface area contributed by atoms with Gasteiger partial charge >= 0.3 is 0 Å². The number of nitrogens with zero attached hydrogens (tertiary/aromatic N) is 2. The van der Waals surface area contributed by atoms with Crippen LogP contribution in [0.3, 0.4) is 0 Å². The Labute approximate surface area is 180 Å². The van der Waals surface area contributed by atoms with Gasteiger partial charge in [-0.05, 0) is 32.5 Å². The highest BCUT2D eigenvalue weighted by atomic mass is 127. The first-order valence-electron chi connectivity index (χ1n) is 9.01. The fourth-order valence-corrected chi connectivity index (χ4v) is 2.37. The number of aliphatic imine (C=N–C) groups is 1. The van der Waals surface area contributed by atoms with E-state index in [4.69, 9.17) is 14.2 Å². The Morgan fingerprint density at radius 2 is 1.93 bits per heavy atom. The summed E-state index contributed by atoms with van der Waals surface area (Å²) in [6.45, 7) is 6.26. The molecule has 1 aromatic carbocycles. The summed E-state index contributed by atoms with van der Waals surface area (Å²) in [6.07, 6.45) is 1.04. The van der Waals surface area contributed by atoms with Crippen molar-refractivity contribution in [2.24, 2.45) is 4.99 Å². The fraction of sp³-hybridized carbons (Fsp3) is 0.632. The molecule has 0 fully saturated rings. The summed E-state index contributed by atoms with van der Waals surface area (Å²) in [4.78, 5) is 6.52. The largest absolute Gasteiger partial charge is 0.497 e. The molecular weight excluding hydrogens is 459 g/mol. The van der Waals surface area contributed by atoms with Gasteiger partial charge in [0.05, 0.1) is 13.7 Å². The van der Waals surface area contributed by atoms with Gasteiger partial charge in [0, 0.05) is 46.5 Å². The summed E-state index contributed by atoms with van der Waals surface area (Å²) in [5.74, 6) is 2.35. The van der Waals surface area contributed by atoms with Gasteiger partial charge in [-0.15, -0.1) is 24.0 Å². The van der Waals surface area contributed by atoms with Crippen LogP contribution < -0.4 is 20.1 Å². The Kier molecular flexibility index (Phi) is 15.0. The predicted molar refractivity (Wildman–Crippen MR) is 122 cm³/mol. The van der Waals surface area contributed by atoms with Crippen molar-refractivity contribution in [3.05, 3.63) is 24.3 Å². The minimum absolute atomic E-state index is 0. The van der Waals surface area contributed by atoms with Crippen molar-refractivity contribution in [3.63, 3.8) is 0 Å². The van der Waals surface area contributed by atoms with Crippen LogP contribution in [0.25, 0.3) is 0 Å². The van der Waals surface area contributed by atoms with E-state index in [-0.39, 0.29) is 30.1 Å². The third-order valence-electron chi connectivity index (χ3n) is 3.83. The molecule has 1 aromatic rings. The molecule has 8 heteroatoms. The van der Waals surface area contributed by atoms with E-state index in [2.05, 4.69) is 27.6 Å². The first-order valence-corrected chi connectivity index (χ1v) is 9.01. The first kappa shape index (κ1) is 25.7. The van der Waals surface area contributed by atoms with Gasteiger partial charge in [0.2, 0.25) is 0 Å². The van der Waals surface area contributed by atoms with E-state index in [1.54, 1.807) is 21.3 Å². The number of rotatable bonds is 12. The standard InChI is InChI=1S/C19H34N4O3.HI/c1-16(26-18-9-6-8-17(14-18)25-5)15-22-19(20-2)21-10-12-23(3)11-7-13-24-4;/h6,8-9,14,16H,7,10-13,15H2,1-5H3,(H2,20,21,22);1H. The van der Waals surface area contributed by atoms with Gasteiger partial charge in [-0.25, -0.2) is 0 Å². The number of hydrogen-bond donors (Lipinski definition) is 2. The van der Waals surface area contributed by atoms with Crippen molar-refractivity contribution < 1.29 is 14.2 Å². The number of ether oxygens (including phenoxy) is 3. The lowest BCUT2D eigenvalue weighted by molar-refractivity contribution is 0.180. The van der Waals surface area contributed by atoms with Crippen molar-refractivity contribution in [3.8, 4) is 11.5 Å². The highest BCUT2D eigenvalue weighted by Gasteiger charge is 2.07. The van der Waals surface area contributed by atoms with E-state index in [0.29, 0.717) is 6.54 Å². The number of likely N-dealkylation sites (N-methyl/N-ethyl adjacent to an activating group) is 1. The summed E-state index contributed by atoms with van der Waals surface area (Å²) < 4.78 is 16.2. The molecule has 2 N–H and O–H groups in total. The van der Waals surface area contributed by atoms with Crippen LogP contribution in [-0.2, 0) is 4.74 Å². The maximum Gasteiger partial charge on any atom is 0.191 e. The highest BCUT2D eigenvalue weighted by Crippen LogP contribution is 2.19. The normalized spacial score (nSPS) is 12.3. The lowest BCUT2D eigenvalue weighted by Gasteiger charge is -2.20. The van der Waals surface area contributed by atoms with Gasteiger partial charge in [0.25, 0.3) is 0 Å². The molecule has 0 heterocycles. The van der Waals surface area contributed by atoms with E-state index in [9.17, 15) is 0 Å². The zero-order valence-corrected chi connectivity index (χ0v) is 19.5. The number of benzene rings is 1. The van der Waals surface area contributed by atoms with Crippen LogP contribution >= 0.6 is 24.0 Å². The van der Waals surface area contributed by atoms with E-state index in [0.717, 1.165) is 50.1 Å². The molecule has 0 saturated carbocycles. The van der Waals surface area contributed by atoms with Gasteiger partial charge in [0.1, 0.15) is 17.6 Å². The van der Waals surface area contributed by atoms with Crippen LogP contribution in [0.2, 0.25) is 0 Å². The second-order valence-corrected chi connectivity index (χ2v) is 6.14. The lowest BCUT2D eigenvalue weighted by Crippen LogP contribution is -2.44. The lowest BCUT2D eigenvalue weighted by atomic mass is 10.3. The van der Waals surface area contributed by atoms with Crippen molar-refractivity contribution in [2.75, 3.05) is 61.1 Å². The third-order valence-corrected chi connectivity index (χ3v) is 3.83. The Morgan fingerprint density at radius 1 is 1.19 bits per heavy atom. The molecule has 1 unspecified atom stereocenters. The SMILES string of the molecule is CN=C(NCCN(C)CCCOC)NCC(C)Oc1cccc(OC)c1.I. The molecule has 0 aliphatic heterocycles. The van der Waals surface area contributed by atoms with Crippen LogP contribution in [0.15, 0.2) is 29.3 Å². The average Bonchev–Trinajstić information content (AvgIpc) is 2.64. The Morgan fingerprint density at radius 3 is 2.59 bits per heavy atom. The maximum absolute atomic E-state index is 5.90. The number of hydrogen-bond acceptors (Lipinski definition) is 5. The number of guanidine groups is 1. The smallest absolute Gasteiger partial charge is 0.191 e. The average molecular weight is 494 g/mol. The van der Waals surface area contributed by atoms with Gasteiger partial charge in [0.15, 0.2) is 5.96 Å². The van der Waals surface area contributed by atoms with Crippen molar-refractivity contribution >= 4 is 29.9 Å². The topological polar surface area (TPSA) is 67.4 Å². The van der Waals surface area contributed by atoms with Crippen LogP contribution in [0.4, 0.5) is 0 Å². The molecule has 7 nitrogen and oxygen atoms in total.